The minimum absolute atomic E-state index is 0.0935. The molecule has 0 aromatic heterocycles. The predicted octanol–water partition coefficient (Wildman–Crippen LogP) is 2.64. The predicted molar refractivity (Wildman–Crippen MR) is 82.5 cm³/mol. The normalized spacial score (nSPS) is 21.1. The quantitative estimate of drug-likeness (QED) is 0.919. The van der Waals surface area contributed by atoms with Gasteiger partial charge in [-0.15, -0.1) is 0 Å². The van der Waals surface area contributed by atoms with Gasteiger partial charge in [-0.05, 0) is 36.6 Å². The zero-order chi connectivity index (χ0) is 14.8. The van der Waals surface area contributed by atoms with Gasteiger partial charge in [0.25, 0.3) is 0 Å². The molecule has 1 fully saturated rings. The third kappa shape index (κ3) is 3.86. The lowest BCUT2D eigenvalue weighted by Gasteiger charge is -2.33. The minimum Gasteiger partial charge on any atom is -0.329 e. The summed E-state index contributed by atoms with van der Waals surface area (Å²) in [7, 11) is -3.40. The highest BCUT2D eigenvalue weighted by atomic mass is 35.5. The number of benzene rings is 1. The van der Waals surface area contributed by atoms with E-state index < -0.39 is 10.0 Å². The van der Waals surface area contributed by atoms with E-state index in [1.165, 1.54) is 4.31 Å². The second-order valence-electron chi connectivity index (χ2n) is 5.03. The number of hydrogen-bond acceptors (Lipinski definition) is 3. The van der Waals surface area contributed by atoms with Crippen molar-refractivity contribution >= 4 is 33.2 Å². The molecule has 0 radical (unpaired) electrons. The molecule has 0 amide bonds. The Morgan fingerprint density at radius 1 is 1.20 bits per heavy atom. The van der Waals surface area contributed by atoms with Crippen molar-refractivity contribution in [2.24, 2.45) is 5.73 Å². The van der Waals surface area contributed by atoms with E-state index in [0.717, 1.165) is 19.3 Å². The van der Waals surface area contributed by atoms with Crippen LogP contribution in [-0.4, -0.2) is 31.9 Å². The second kappa shape index (κ2) is 6.62. The van der Waals surface area contributed by atoms with Crippen LogP contribution in [0.25, 0.3) is 0 Å². The van der Waals surface area contributed by atoms with Gasteiger partial charge < -0.3 is 5.73 Å². The molecule has 112 valence electrons. The highest BCUT2D eigenvalue weighted by Gasteiger charge is 2.31. The Bertz CT molecular complexity index is 557. The zero-order valence-electron chi connectivity index (χ0n) is 11.1. The molecular formula is C13H18Cl2N2O2S. The molecule has 1 aliphatic heterocycles. The van der Waals surface area contributed by atoms with Crippen LogP contribution in [0.4, 0.5) is 0 Å². The highest BCUT2D eigenvalue weighted by Crippen LogP contribution is 2.25. The van der Waals surface area contributed by atoms with E-state index in [9.17, 15) is 8.42 Å². The van der Waals surface area contributed by atoms with Crippen molar-refractivity contribution < 1.29 is 8.42 Å². The van der Waals surface area contributed by atoms with Crippen molar-refractivity contribution in [3.05, 3.63) is 33.8 Å². The molecule has 1 unspecified atom stereocenters. The van der Waals surface area contributed by atoms with Crippen molar-refractivity contribution in [1.82, 2.24) is 4.31 Å². The van der Waals surface area contributed by atoms with Gasteiger partial charge in [0, 0.05) is 29.2 Å². The van der Waals surface area contributed by atoms with E-state index >= 15 is 0 Å². The monoisotopic (exact) mass is 336 g/mol. The van der Waals surface area contributed by atoms with Gasteiger partial charge in [-0.25, -0.2) is 8.42 Å². The third-order valence-corrected chi connectivity index (χ3v) is 5.80. The molecule has 2 N–H and O–H groups in total. The van der Waals surface area contributed by atoms with E-state index in [2.05, 4.69) is 0 Å². The van der Waals surface area contributed by atoms with Crippen LogP contribution < -0.4 is 5.73 Å². The van der Waals surface area contributed by atoms with Gasteiger partial charge >= 0.3 is 0 Å². The van der Waals surface area contributed by atoms with Crippen LogP contribution in [0.2, 0.25) is 10.0 Å². The van der Waals surface area contributed by atoms with E-state index in [4.69, 9.17) is 28.9 Å². The van der Waals surface area contributed by atoms with Gasteiger partial charge in [0.15, 0.2) is 0 Å². The van der Waals surface area contributed by atoms with Gasteiger partial charge in [-0.2, -0.15) is 4.31 Å². The standard InChI is InChI=1S/C13H18Cl2N2O2S/c14-11-5-10(6-12(15)7-11)9-20(18,19)17-4-2-1-3-13(17)8-16/h5-7,13H,1-4,8-9,16H2. The summed E-state index contributed by atoms with van der Waals surface area (Å²) in [6.07, 6.45) is 2.73. The minimum atomic E-state index is -3.40. The summed E-state index contributed by atoms with van der Waals surface area (Å²) in [5.74, 6) is -0.0935. The van der Waals surface area contributed by atoms with Crippen molar-refractivity contribution in [1.29, 1.82) is 0 Å². The van der Waals surface area contributed by atoms with E-state index in [1.54, 1.807) is 18.2 Å². The van der Waals surface area contributed by atoms with Gasteiger partial charge in [0.05, 0.1) is 5.75 Å². The molecule has 1 aliphatic rings. The fourth-order valence-corrected chi connectivity index (χ4v) is 4.94. The number of rotatable bonds is 4. The average Bonchev–Trinajstić information content (AvgIpc) is 2.36. The molecule has 20 heavy (non-hydrogen) atoms. The molecule has 1 heterocycles. The molecule has 1 saturated heterocycles. The summed E-state index contributed by atoms with van der Waals surface area (Å²) in [6, 6.07) is 4.75. The third-order valence-electron chi connectivity index (χ3n) is 3.47. The molecule has 1 aromatic rings. The average molecular weight is 337 g/mol. The maximum absolute atomic E-state index is 12.5. The summed E-state index contributed by atoms with van der Waals surface area (Å²) in [4.78, 5) is 0. The first kappa shape index (κ1) is 16.0. The van der Waals surface area contributed by atoms with Crippen molar-refractivity contribution in [2.45, 2.75) is 31.1 Å². The first-order valence-electron chi connectivity index (χ1n) is 6.57. The highest BCUT2D eigenvalue weighted by molar-refractivity contribution is 7.88. The van der Waals surface area contributed by atoms with Gasteiger partial charge in [0.2, 0.25) is 10.0 Å². The molecule has 7 heteroatoms. The molecule has 0 bridgehead atoms. The second-order valence-corrected chi connectivity index (χ2v) is 7.82. The molecule has 1 aromatic carbocycles. The van der Waals surface area contributed by atoms with Gasteiger partial charge in [-0.1, -0.05) is 29.6 Å². The van der Waals surface area contributed by atoms with Crippen molar-refractivity contribution in [3.63, 3.8) is 0 Å². The lowest BCUT2D eigenvalue weighted by Crippen LogP contribution is -2.47. The summed E-state index contributed by atoms with van der Waals surface area (Å²) < 4.78 is 26.6. The number of hydrogen-bond donors (Lipinski definition) is 1. The number of nitrogens with zero attached hydrogens (tertiary/aromatic N) is 1. The molecule has 1 atom stereocenters. The Labute approximate surface area is 129 Å². The van der Waals surface area contributed by atoms with E-state index in [1.807, 2.05) is 0 Å². The number of halogens is 2. The Morgan fingerprint density at radius 3 is 2.45 bits per heavy atom. The first-order valence-corrected chi connectivity index (χ1v) is 8.93. The Hall–Kier alpha value is -0.330. The van der Waals surface area contributed by atoms with Crippen LogP contribution in [0.1, 0.15) is 24.8 Å². The molecule has 0 spiro atoms. The van der Waals surface area contributed by atoms with Crippen molar-refractivity contribution in [3.8, 4) is 0 Å². The first-order chi connectivity index (χ1) is 9.42. The summed E-state index contributed by atoms with van der Waals surface area (Å²) in [5.41, 5.74) is 6.28. The summed E-state index contributed by atoms with van der Waals surface area (Å²) in [5, 5.41) is 0.883. The number of nitrogens with two attached hydrogens (primary N) is 1. The maximum Gasteiger partial charge on any atom is 0.218 e. The van der Waals surface area contributed by atoms with E-state index in [-0.39, 0.29) is 11.8 Å². The van der Waals surface area contributed by atoms with Crippen LogP contribution in [0, 0.1) is 0 Å². The van der Waals surface area contributed by atoms with Crippen LogP contribution in [0.5, 0.6) is 0 Å². The molecular weight excluding hydrogens is 319 g/mol. The van der Waals surface area contributed by atoms with Gasteiger partial charge in [-0.3, -0.25) is 0 Å². The largest absolute Gasteiger partial charge is 0.329 e. The number of piperidine rings is 1. The Morgan fingerprint density at radius 2 is 1.85 bits per heavy atom. The van der Waals surface area contributed by atoms with Crippen LogP contribution in [0.3, 0.4) is 0 Å². The summed E-state index contributed by atoms with van der Waals surface area (Å²) >= 11 is 11.8. The Balaban J connectivity index is 2.21. The maximum atomic E-state index is 12.5. The van der Waals surface area contributed by atoms with Gasteiger partial charge in [0.1, 0.15) is 0 Å². The lowest BCUT2D eigenvalue weighted by atomic mass is 10.1. The lowest BCUT2D eigenvalue weighted by molar-refractivity contribution is 0.257. The van der Waals surface area contributed by atoms with Crippen LogP contribution in [0.15, 0.2) is 18.2 Å². The van der Waals surface area contributed by atoms with Crippen molar-refractivity contribution in [2.75, 3.05) is 13.1 Å². The fourth-order valence-electron chi connectivity index (χ4n) is 2.56. The fraction of sp³-hybridized carbons (Fsp3) is 0.538. The topological polar surface area (TPSA) is 63.4 Å². The molecule has 4 nitrogen and oxygen atoms in total. The molecule has 2 rings (SSSR count). The molecule has 0 saturated carbocycles. The summed E-state index contributed by atoms with van der Waals surface area (Å²) in [6.45, 7) is 0.897. The van der Waals surface area contributed by atoms with Crippen LogP contribution in [-0.2, 0) is 15.8 Å². The zero-order valence-corrected chi connectivity index (χ0v) is 13.4. The SMILES string of the molecule is NCC1CCCCN1S(=O)(=O)Cc1cc(Cl)cc(Cl)c1. The Kier molecular flexibility index (Phi) is 5.31. The van der Waals surface area contributed by atoms with E-state index in [0.29, 0.717) is 28.7 Å². The number of sulfonamides is 1. The van der Waals surface area contributed by atoms with Crippen LogP contribution >= 0.6 is 23.2 Å². The molecule has 0 aliphatic carbocycles. The smallest absolute Gasteiger partial charge is 0.218 e.